The Morgan fingerprint density at radius 2 is 0.810 bits per heavy atom. The monoisotopic (exact) mass is 307 g/mol. The SMILES string of the molecule is C=C[P+](C1CCCCC1)(C1CCCCC1)C1CCCCC1. The summed E-state index contributed by atoms with van der Waals surface area (Å²) in [5.74, 6) is 2.62. The molecule has 3 aliphatic carbocycles. The zero-order chi connectivity index (χ0) is 14.5. The first-order chi connectivity index (χ1) is 10.4. The number of rotatable bonds is 4. The van der Waals surface area contributed by atoms with Gasteiger partial charge in [0.25, 0.3) is 0 Å². The summed E-state index contributed by atoms with van der Waals surface area (Å²) in [6.07, 6.45) is 22.9. The summed E-state index contributed by atoms with van der Waals surface area (Å²) in [4.78, 5) is 0. The first-order valence-corrected chi connectivity index (χ1v) is 12.0. The third-order valence-electron chi connectivity index (χ3n) is 6.94. The third-order valence-corrected chi connectivity index (χ3v) is 12.9. The van der Waals surface area contributed by atoms with Gasteiger partial charge in [-0.05, 0) is 77.0 Å². The summed E-state index contributed by atoms with van der Waals surface area (Å²) in [5.41, 5.74) is 3.24. The second-order valence-electron chi connectivity index (χ2n) is 7.95. The van der Waals surface area contributed by atoms with Crippen LogP contribution in [0.5, 0.6) is 0 Å². The van der Waals surface area contributed by atoms with Crippen LogP contribution in [0.25, 0.3) is 0 Å². The molecule has 0 spiro atoms. The van der Waals surface area contributed by atoms with Crippen molar-refractivity contribution < 1.29 is 0 Å². The summed E-state index contributed by atoms with van der Waals surface area (Å²) < 4.78 is 0. The van der Waals surface area contributed by atoms with Gasteiger partial charge in [0, 0.05) is 7.26 Å². The van der Waals surface area contributed by atoms with Gasteiger partial charge in [-0.3, -0.25) is 0 Å². The fourth-order valence-electron chi connectivity index (χ4n) is 5.93. The second-order valence-corrected chi connectivity index (χ2v) is 12.3. The molecule has 1 heteroatoms. The van der Waals surface area contributed by atoms with Crippen molar-refractivity contribution in [1.82, 2.24) is 0 Å². The molecule has 0 amide bonds. The van der Waals surface area contributed by atoms with E-state index >= 15 is 0 Å². The van der Waals surface area contributed by atoms with Crippen LogP contribution in [-0.2, 0) is 0 Å². The molecule has 3 fully saturated rings. The van der Waals surface area contributed by atoms with Crippen LogP contribution in [0.3, 0.4) is 0 Å². The summed E-state index contributed by atoms with van der Waals surface area (Å²) in [7, 11) is -0.939. The van der Waals surface area contributed by atoms with E-state index < -0.39 is 7.26 Å². The predicted molar refractivity (Wildman–Crippen MR) is 97.7 cm³/mol. The molecule has 3 saturated carbocycles. The van der Waals surface area contributed by atoms with Crippen LogP contribution in [0.1, 0.15) is 96.3 Å². The maximum atomic E-state index is 4.51. The summed E-state index contributed by atoms with van der Waals surface area (Å²) >= 11 is 0. The van der Waals surface area contributed by atoms with E-state index in [0.29, 0.717) is 0 Å². The molecule has 0 saturated heterocycles. The molecule has 0 N–H and O–H groups in total. The number of hydrogen-bond acceptors (Lipinski definition) is 0. The average molecular weight is 307 g/mol. The summed E-state index contributed by atoms with van der Waals surface area (Å²) in [5, 5.41) is 0. The van der Waals surface area contributed by atoms with E-state index in [1.54, 1.807) is 38.5 Å². The van der Waals surface area contributed by atoms with Crippen LogP contribution in [-0.4, -0.2) is 17.0 Å². The lowest BCUT2D eigenvalue weighted by molar-refractivity contribution is 0.454. The molecular formula is C20H36P+. The van der Waals surface area contributed by atoms with E-state index in [1.807, 2.05) is 0 Å². The molecule has 3 rings (SSSR count). The van der Waals surface area contributed by atoms with Crippen LogP contribution in [0, 0.1) is 0 Å². The zero-order valence-corrected chi connectivity index (χ0v) is 15.0. The lowest BCUT2D eigenvalue weighted by atomic mass is 9.99. The van der Waals surface area contributed by atoms with Crippen molar-refractivity contribution in [2.45, 2.75) is 113 Å². The lowest BCUT2D eigenvalue weighted by Gasteiger charge is -2.46. The molecule has 3 aliphatic rings. The van der Waals surface area contributed by atoms with E-state index in [0.717, 1.165) is 17.0 Å². The lowest BCUT2D eigenvalue weighted by Crippen LogP contribution is -2.34. The Morgan fingerprint density at radius 3 is 1.05 bits per heavy atom. The van der Waals surface area contributed by atoms with Crippen LogP contribution >= 0.6 is 7.26 Å². The van der Waals surface area contributed by atoms with Crippen molar-refractivity contribution in [3.8, 4) is 0 Å². The molecule has 0 aromatic carbocycles. The van der Waals surface area contributed by atoms with E-state index in [1.165, 1.54) is 57.8 Å². The fraction of sp³-hybridized carbons (Fsp3) is 0.900. The first kappa shape index (κ1) is 16.0. The largest absolute Gasteiger partial charge is 0.0744 e. The molecule has 21 heavy (non-hydrogen) atoms. The Bertz CT molecular complexity index is 271. The van der Waals surface area contributed by atoms with Crippen molar-refractivity contribution in [1.29, 1.82) is 0 Å². The van der Waals surface area contributed by atoms with Gasteiger partial charge in [0.05, 0.1) is 22.8 Å². The maximum Gasteiger partial charge on any atom is 0.0744 e. The maximum absolute atomic E-state index is 4.51. The molecule has 0 bridgehead atoms. The molecule has 0 aromatic heterocycles. The normalized spacial score (nSPS) is 27.6. The molecule has 0 unspecified atom stereocenters. The van der Waals surface area contributed by atoms with E-state index in [4.69, 9.17) is 0 Å². The highest BCUT2D eigenvalue weighted by molar-refractivity contribution is 7.80. The van der Waals surface area contributed by atoms with Gasteiger partial charge in [-0.25, -0.2) is 0 Å². The van der Waals surface area contributed by atoms with Crippen LogP contribution in [0.2, 0.25) is 0 Å². The van der Waals surface area contributed by atoms with E-state index in [2.05, 4.69) is 12.4 Å². The van der Waals surface area contributed by atoms with Gasteiger partial charge < -0.3 is 0 Å². The highest BCUT2D eigenvalue weighted by atomic mass is 31.2. The minimum atomic E-state index is -0.939. The quantitative estimate of drug-likeness (QED) is 0.484. The van der Waals surface area contributed by atoms with Gasteiger partial charge in [0.15, 0.2) is 0 Å². The smallest absolute Gasteiger partial charge is 0.0640 e. The van der Waals surface area contributed by atoms with E-state index in [-0.39, 0.29) is 0 Å². The second kappa shape index (κ2) is 7.63. The average Bonchev–Trinajstić information content (AvgIpc) is 2.59. The Hall–Kier alpha value is 0.170. The van der Waals surface area contributed by atoms with E-state index in [9.17, 15) is 0 Å². The topological polar surface area (TPSA) is 0 Å². The summed E-state index contributed by atoms with van der Waals surface area (Å²) in [6, 6.07) is 0. The molecule has 0 aliphatic heterocycles. The van der Waals surface area contributed by atoms with Crippen molar-refractivity contribution in [3.63, 3.8) is 0 Å². The van der Waals surface area contributed by atoms with Gasteiger partial charge in [0.2, 0.25) is 0 Å². The zero-order valence-electron chi connectivity index (χ0n) is 14.1. The Kier molecular flexibility index (Phi) is 5.83. The van der Waals surface area contributed by atoms with Gasteiger partial charge in [-0.1, -0.05) is 25.8 Å². The van der Waals surface area contributed by atoms with Gasteiger partial charge in [-0.15, -0.1) is 0 Å². The summed E-state index contributed by atoms with van der Waals surface area (Å²) in [6.45, 7) is 4.51. The molecule has 120 valence electrons. The van der Waals surface area contributed by atoms with Crippen LogP contribution in [0.15, 0.2) is 12.4 Å². The van der Waals surface area contributed by atoms with Crippen molar-refractivity contribution in [2.75, 3.05) is 0 Å². The Labute approximate surface area is 133 Å². The van der Waals surface area contributed by atoms with Crippen molar-refractivity contribution in [2.24, 2.45) is 0 Å². The van der Waals surface area contributed by atoms with Gasteiger partial charge in [0.1, 0.15) is 0 Å². The Balaban J connectivity index is 1.87. The van der Waals surface area contributed by atoms with Gasteiger partial charge in [-0.2, -0.15) is 0 Å². The number of hydrogen-bond donors (Lipinski definition) is 0. The minimum Gasteiger partial charge on any atom is -0.0640 e. The van der Waals surface area contributed by atoms with Crippen molar-refractivity contribution in [3.05, 3.63) is 12.4 Å². The molecule has 0 atom stereocenters. The minimum absolute atomic E-state index is 0.939. The highest BCUT2D eigenvalue weighted by Gasteiger charge is 2.55. The van der Waals surface area contributed by atoms with Crippen molar-refractivity contribution >= 4 is 7.26 Å². The standard InChI is InChI=1S/C20H36P/c1-2-21(18-12-6-3-7-13-18,19-14-8-4-9-15-19)20-16-10-5-11-17-20/h2,18-20H,1,3-17H2/q+1. The molecule has 0 radical (unpaired) electrons. The first-order valence-electron chi connectivity index (χ1n) is 9.89. The van der Waals surface area contributed by atoms with Crippen LogP contribution in [0.4, 0.5) is 0 Å². The highest BCUT2D eigenvalue weighted by Crippen LogP contribution is 2.78. The Morgan fingerprint density at radius 1 is 0.524 bits per heavy atom. The molecule has 0 nitrogen and oxygen atoms in total. The molecular weight excluding hydrogens is 271 g/mol. The fourth-order valence-corrected chi connectivity index (χ4v) is 12.4. The molecule has 0 aromatic rings. The molecule has 0 heterocycles. The van der Waals surface area contributed by atoms with Gasteiger partial charge >= 0.3 is 0 Å². The predicted octanol–water partition coefficient (Wildman–Crippen LogP) is 7.15. The third kappa shape index (κ3) is 3.26. The van der Waals surface area contributed by atoms with Crippen LogP contribution < -0.4 is 0 Å².